The molecule has 0 aromatic heterocycles. The average molecular weight is 369 g/mol. The molecule has 0 N–H and O–H groups in total. The molecule has 1 amide bonds. The molecule has 1 aromatic rings. The molecule has 4 heteroatoms. The van der Waals surface area contributed by atoms with E-state index in [0.717, 1.165) is 38.3 Å². The van der Waals surface area contributed by atoms with Crippen LogP contribution in [0.1, 0.15) is 72.1 Å². The summed E-state index contributed by atoms with van der Waals surface area (Å²) in [7, 11) is 0. The number of piperidine rings is 1. The molecule has 1 saturated carbocycles. The van der Waals surface area contributed by atoms with E-state index in [4.69, 9.17) is 0 Å². The van der Waals surface area contributed by atoms with Gasteiger partial charge in [-0.1, -0.05) is 31.4 Å². The third kappa shape index (κ3) is 4.26. The second-order valence-corrected chi connectivity index (χ2v) is 9.06. The van der Waals surface area contributed by atoms with Gasteiger partial charge in [-0.25, -0.2) is 0 Å². The summed E-state index contributed by atoms with van der Waals surface area (Å²) in [5.74, 6) is 1.01. The van der Waals surface area contributed by atoms with Crippen LogP contribution in [-0.4, -0.2) is 54.7 Å². The molecule has 1 aliphatic carbocycles. The highest BCUT2D eigenvalue weighted by molar-refractivity contribution is 5.95. The number of carbonyl (C=O) groups excluding carboxylic acids is 2. The van der Waals surface area contributed by atoms with Crippen LogP contribution in [0.15, 0.2) is 24.3 Å². The highest BCUT2D eigenvalue weighted by atomic mass is 16.2. The van der Waals surface area contributed by atoms with Crippen LogP contribution in [0.3, 0.4) is 0 Å². The molecule has 2 aliphatic heterocycles. The van der Waals surface area contributed by atoms with Crippen molar-refractivity contribution < 1.29 is 9.59 Å². The monoisotopic (exact) mass is 368 g/mol. The molecule has 27 heavy (non-hydrogen) atoms. The van der Waals surface area contributed by atoms with Crippen molar-refractivity contribution in [2.24, 2.45) is 11.3 Å². The zero-order valence-corrected chi connectivity index (χ0v) is 16.4. The van der Waals surface area contributed by atoms with Gasteiger partial charge in [0.05, 0.1) is 0 Å². The number of likely N-dealkylation sites (tertiary alicyclic amines) is 2. The fourth-order valence-corrected chi connectivity index (χ4v) is 5.53. The van der Waals surface area contributed by atoms with E-state index in [2.05, 4.69) is 4.90 Å². The minimum Gasteiger partial charge on any atom is -0.338 e. The first-order valence-corrected chi connectivity index (χ1v) is 10.7. The maximum Gasteiger partial charge on any atom is 0.253 e. The van der Waals surface area contributed by atoms with Gasteiger partial charge in [0, 0.05) is 42.7 Å². The Bertz CT molecular complexity index is 665. The maximum absolute atomic E-state index is 12.9. The standard InChI is InChI=1S/C23H32N2O2/c26-16-20-7-9-21(10-8-20)22(27)25-14-12-23(18-25)11-4-13-24(17-23)15-19-5-2-1-3-6-19/h7-10,16,19H,1-6,11-15,17-18H2. The van der Waals surface area contributed by atoms with Gasteiger partial charge in [-0.15, -0.1) is 0 Å². The van der Waals surface area contributed by atoms with Crippen LogP contribution < -0.4 is 0 Å². The van der Waals surface area contributed by atoms with Crippen LogP contribution in [0.2, 0.25) is 0 Å². The van der Waals surface area contributed by atoms with E-state index in [0.29, 0.717) is 16.5 Å². The molecule has 1 unspecified atom stereocenters. The van der Waals surface area contributed by atoms with Crippen molar-refractivity contribution in [3.63, 3.8) is 0 Å². The average Bonchev–Trinajstić information content (AvgIpc) is 3.11. The molecule has 2 heterocycles. The topological polar surface area (TPSA) is 40.6 Å². The van der Waals surface area contributed by atoms with Gasteiger partial charge in [-0.2, -0.15) is 0 Å². The molecule has 0 bridgehead atoms. The minimum absolute atomic E-state index is 0.119. The Kier molecular flexibility index (Phi) is 5.63. The number of amides is 1. The number of carbonyl (C=O) groups is 2. The number of nitrogens with zero attached hydrogens (tertiary/aromatic N) is 2. The van der Waals surface area contributed by atoms with E-state index in [-0.39, 0.29) is 5.91 Å². The van der Waals surface area contributed by atoms with Crippen molar-refractivity contribution in [1.82, 2.24) is 9.80 Å². The van der Waals surface area contributed by atoms with Gasteiger partial charge in [0.2, 0.25) is 0 Å². The summed E-state index contributed by atoms with van der Waals surface area (Å²) in [6.07, 6.45) is 11.5. The molecule has 4 nitrogen and oxygen atoms in total. The molecule has 1 spiro atoms. The highest BCUT2D eigenvalue weighted by Crippen LogP contribution is 2.40. The largest absolute Gasteiger partial charge is 0.338 e. The summed E-state index contributed by atoms with van der Waals surface area (Å²) in [4.78, 5) is 28.5. The van der Waals surface area contributed by atoms with Crippen LogP contribution in [-0.2, 0) is 0 Å². The first-order chi connectivity index (χ1) is 13.2. The molecule has 4 rings (SSSR count). The zero-order chi connectivity index (χ0) is 18.7. The summed E-state index contributed by atoms with van der Waals surface area (Å²) in [5, 5.41) is 0. The van der Waals surface area contributed by atoms with Crippen molar-refractivity contribution in [3.8, 4) is 0 Å². The third-order valence-electron chi connectivity index (χ3n) is 7.00. The van der Waals surface area contributed by atoms with E-state index in [9.17, 15) is 9.59 Å². The van der Waals surface area contributed by atoms with E-state index in [1.807, 2.05) is 4.90 Å². The summed E-state index contributed by atoms with van der Waals surface area (Å²) in [5.41, 5.74) is 1.62. The Balaban J connectivity index is 1.36. The van der Waals surface area contributed by atoms with E-state index in [1.54, 1.807) is 24.3 Å². The minimum atomic E-state index is 0.119. The number of hydrogen-bond acceptors (Lipinski definition) is 3. The predicted molar refractivity (Wildman–Crippen MR) is 107 cm³/mol. The lowest BCUT2D eigenvalue weighted by molar-refractivity contribution is 0.0630. The Morgan fingerprint density at radius 1 is 1.00 bits per heavy atom. The fraction of sp³-hybridized carbons (Fsp3) is 0.652. The number of benzene rings is 1. The van der Waals surface area contributed by atoms with Gasteiger partial charge in [-0.05, 0) is 56.7 Å². The molecule has 0 radical (unpaired) electrons. The molecule has 3 aliphatic rings. The Morgan fingerprint density at radius 3 is 2.52 bits per heavy atom. The summed E-state index contributed by atoms with van der Waals surface area (Å²) in [6.45, 7) is 5.42. The number of hydrogen-bond donors (Lipinski definition) is 0. The second-order valence-electron chi connectivity index (χ2n) is 9.06. The molecular formula is C23H32N2O2. The van der Waals surface area contributed by atoms with Gasteiger partial charge >= 0.3 is 0 Å². The lowest BCUT2D eigenvalue weighted by Gasteiger charge is -2.42. The summed E-state index contributed by atoms with van der Waals surface area (Å²) >= 11 is 0. The molecule has 2 saturated heterocycles. The van der Waals surface area contributed by atoms with Gasteiger partial charge in [-0.3, -0.25) is 9.59 Å². The van der Waals surface area contributed by atoms with E-state index in [1.165, 1.54) is 58.0 Å². The van der Waals surface area contributed by atoms with E-state index < -0.39 is 0 Å². The quantitative estimate of drug-likeness (QED) is 0.754. The lowest BCUT2D eigenvalue weighted by Crippen LogP contribution is -2.47. The molecular weight excluding hydrogens is 336 g/mol. The van der Waals surface area contributed by atoms with Crippen LogP contribution in [0.4, 0.5) is 0 Å². The van der Waals surface area contributed by atoms with Gasteiger partial charge < -0.3 is 9.80 Å². The molecule has 146 valence electrons. The van der Waals surface area contributed by atoms with Crippen molar-refractivity contribution >= 4 is 12.2 Å². The van der Waals surface area contributed by atoms with Gasteiger partial charge in [0.15, 0.2) is 0 Å². The Morgan fingerprint density at radius 2 is 1.78 bits per heavy atom. The Hall–Kier alpha value is -1.68. The summed E-state index contributed by atoms with van der Waals surface area (Å²) < 4.78 is 0. The summed E-state index contributed by atoms with van der Waals surface area (Å²) in [6, 6.07) is 7.04. The van der Waals surface area contributed by atoms with Crippen molar-refractivity contribution in [3.05, 3.63) is 35.4 Å². The highest BCUT2D eigenvalue weighted by Gasteiger charge is 2.43. The Labute approximate surface area is 162 Å². The predicted octanol–water partition coefficient (Wildman–Crippen LogP) is 4.01. The lowest BCUT2D eigenvalue weighted by atomic mass is 9.78. The smallest absolute Gasteiger partial charge is 0.253 e. The normalized spacial score (nSPS) is 27.2. The number of rotatable bonds is 4. The fourth-order valence-electron chi connectivity index (χ4n) is 5.53. The van der Waals surface area contributed by atoms with Crippen molar-refractivity contribution in [1.29, 1.82) is 0 Å². The molecule has 1 aromatic carbocycles. The second kappa shape index (κ2) is 8.14. The number of aldehydes is 1. The van der Waals surface area contributed by atoms with Gasteiger partial charge in [0.25, 0.3) is 5.91 Å². The first-order valence-electron chi connectivity index (χ1n) is 10.7. The van der Waals surface area contributed by atoms with Crippen molar-refractivity contribution in [2.45, 2.75) is 51.4 Å². The van der Waals surface area contributed by atoms with Crippen molar-refractivity contribution in [2.75, 3.05) is 32.7 Å². The van der Waals surface area contributed by atoms with Crippen LogP contribution in [0.25, 0.3) is 0 Å². The van der Waals surface area contributed by atoms with Gasteiger partial charge in [0.1, 0.15) is 6.29 Å². The van der Waals surface area contributed by atoms with Crippen LogP contribution >= 0.6 is 0 Å². The van der Waals surface area contributed by atoms with Crippen LogP contribution in [0.5, 0.6) is 0 Å². The van der Waals surface area contributed by atoms with E-state index >= 15 is 0 Å². The first kappa shape index (κ1) is 18.7. The molecule has 3 fully saturated rings. The zero-order valence-electron chi connectivity index (χ0n) is 16.4. The molecule has 1 atom stereocenters. The van der Waals surface area contributed by atoms with Crippen LogP contribution in [0, 0.1) is 11.3 Å². The SMILES string of the molecule is O=Cc1ccc(C(=O)N2CCC3(CCCN(CC4CCCCC4)C3)C2)cc1. The maximum atomic E-state index is 12.9. The third-order valence-corrected chi connectivity index (χ3v) is 7.00.